The molecule has 0 aromatic heterocycles. The lowest BCUT2D eigenvalue weighted by atomic mass is 9.97. The largest absolute Gasteiger partial charge is 0.390 e. The number of amides is 1. The summed E-state index contributed by atoms with van der Waals surface area (Å²) in [4.78, 5) is 14.9. The molecule has 138 valence electrons. The summed E-state index contributed by atoms with van der Waals surface area (Å²) in [7, 11) is 0. The molecule has 1 fully saturated rings. The maximum atomic E-state index is 13.2. The summed E-state index contributed by atoms with van der Waals surface area (Å²) in [6, 6.07) is 14.1. The first-order chi connectivity index (χ1) is 12.3. The number of aryl methyl sites for hydroxylation is 1. The summed E-state index contributed by atoms with van der Waals surface area (Å²) in [5.74, 6) is -0.244. The molecule has 1 N–H and O–H groups in total. The second kappa shape index (κ2) is 7.58. The van der Waals surface area contributed by atoms with Crippen LogP contribution in [0.5, 0.6) is 0 Å². The Kier molecular flexibility index (Phi) is 5.42. The molecule has 0 bridgehead atoms. The van der Waals surface area contributed by atoms with Gasteiger partial charge in [-0.05, 0) is 74.9 Å². The van der Waals surface area contributed by atoms with Gasteiger partial charge in [0.15, 0.2) is 0 Å². The van der Waals surface area contributed by atoms with Crippen LogP contribution in [-0.4, -0.2) is 28.1 Å². The van der Waals surface area contributed by atoms with Crippen molar-refractivity contribution in [1.82, 2.24) is 4.90 Å². The first kappa shape index (κ1) is 18.6. The second-order valence-electron chi connectivity index (χ2n) is 7.72. The van der Waals surface area contributed by atoms with Crippen molar-refractivity contribution in [2.24, 2.45) is 0 Å². The van der Waals surface area contributed by atoms with Crippen molar-refractivity contribution in [3.05, 3.63) is 71.0 Å². The molecule has 26 heavy (non-hydrogen) atoms. The van der Waals surface area contributed by atoms with E-state index in [1.807, 2.05) is 29.2 Å². The average molecular weight is 355 g/mol. The standard InChI is InChI=1S/C22H26FNO2/c1-22(2,26)13-12-16-5-3-6-18(15-16)21(25)24-14-4-7-20(24)17-8-10-19(23)11-9-17/h3,5-6,8-11,15,20,26H,4,7,12-14H2,1-2H3/t20-/m0/s1. The highest BCUT2D eigenvalue weighted by molar-refractivity contribution is 5.94. The average Bonchev–Trinajstić information content (AvgIpc) is 3.09. The van der Waals surface area contributed by atoms with Crippen molar-refractivity contribution in [3.8, 4) is 0 Å². The van der Waals surface area contributed by atoms with Crippen LogP contribution in [0.15, 0.2) is 48.5 Å². The highest BCUT2D eigenvalue weighted by atomic mass is 19.1. The lowest BCUT2D eigenvalue weighted by Gasteiger charge is -2.25. The molecule has 1 saturated heterocycles. The van der Waals surface area contributed by atoms with Crippen molar-refractivity contribution in [2.75, 3.05) is 6.54 Å². The van der Waals surface area contributed by atoms with Crippen LogP contribution in [0.25, 0.3) is 0 Å². The van der Waals surface area contributed by atoms with E-state index in [9.17, 15) is 14.3 Å². The van der Waals surface area contributed by atoms with E-state index in [0.717, 1.165) is 36.9 Å². The zero-order valence-electron chi connectivity index (χ0n) is 15.4. The normalized spacial score (nSPS) is 17.5. The summed E-state index contributed by atoms with van der Waals surface area (Å²) < 4.78 is 13.2. The molecular formula is C22H26FNO2. The third-order valence-corrected chi connectivity index (χ3v) is 4.97. The lowest BCUT2D eigenvalue weighted by molar-refractivity contribution is 0.0714. The van der Waals surface area contributed by atoms with Crippen LogP contribution in [-0.2, 0) is 6.42 Å². The van der Waals surface area contributed by atoms with E-state index in [1.54, 1.807) is 26.0 Å². The molecule has 1 aliphatic heterocycles. The van der Waals surface area contributed by atoms with E-state index in [4.69, 9.17) is 0 Å². The maximum absolute atomic E-state index is 13.2. The molecule has 0 saturated carbocycles. The summed E-state index contributed by atoms with van der Waals surface area (Å²) in [5.41, 5.74) is 1.99. The molecule has 0 aliphatic carbocycles. The van der Waals surface area contributed by atoms with Gasteiger partial charge in [0.2, 0.25) is 0 Å². The van der Waals surface area contributed by atoms with Crippen molar-refractivity contribution in [1.29, 1.82) is 0 Å². The number of benzene rings is 2. The third-order valence-electron chi connectivity index (χ3n) is 4.97. The van der Waals surface area contributed by atoms with Gasteiger partial charge in [-0.1, -0.05) is 24.3 Å². The van der Waals surface area contributed by atoms with Crippen LogP contribution in [0.2, 0.25) is 0 Å². The number of hydrogen-bond donors (Lipinski definition) is 1. The molecule has 3 rings (SSSR count). The Balaban J connectivity index is 1.76. The lowest BCUT2D eigenvalue weighted by Crippen LogP contribution is -2.30. The topological polar surface area (TPSA) is 40.5 Å². The molecule has 1 aliphatic rings. The quantitative estimate of drug-likeness (QED) is 0.857. The van der Waals surface area contributed by atoms with Crippen molar-refractivity contribution in [3.63, 3.8) is 0 Å². The van der Waals surface area contributed by atoms with Crippen LogP contribution in [0.3, 0.4) is 0 Å². The molecule has 4 heteroatoms. The predicted octanol–water partition coefficient (Wildman–Crippen LogP) is 4.51. The van der Waals surface area contributed by atoms with Gasteiger partial charge in [-0.2, -0.15) is 0 Å². The van der Waals surface area contributed by atoms with Crippen LogP contribution < -0.4 is 0 Å². The Morgan fingerprint density at radius 3 is 2.65 bits per heavy atom. The van der Waals surface area contributed by atoms with E-state index in [0.29, 0.717) is 12.0 Å². The molecule has 0 radical (unpaired) electrons. The number of nitrogens with zero attached hydrogens (tertiary/aromatic N) is 1. The smallest absolute Gasteiger partial charge is 0.254 e. The second-order valence-corrected chi connectivity index (χ2v) is 7.72. The zero-order valence-corrected chi connectivity index (χ0v) is 15.4. The molecule has 1 heterocycles. The van der Waals surface area contributed by atoms with E-state index in [2.05, 4.69) is 0 Å². The fraction of sp³-hybridized carbons (Fsp3) is 0.409. The fourth-order valence-electron chi connectivity index (χ4n) is 3.52. The van der Waals surface area contributed by atoms with Crippen LogP contribution in [0.4, 0.5) is 4.39 Å². The van der Waals surface area contributed by atoms with Crippen LogP contribution in [0.1, 0.15) is 60.6 Å². The first-order valence-corrected chi connectivity index (χ1v) is 9.21. The Labute approximate surface area is 154 Å². The highest BCUT2D eigenvalue weighted by Crippen LogP contribution is 2.33. The molecule has 0 spiro atoms. The SMILES string of the molecule is CC(C)(O)CCc1cccc(C(=O)N2CCC[C@H]2c2ccc(F)cc2)c1. The van der Waals surface area contributed by atoms with Crippen molar-refractivity contribution in [2.45, 2.75) is 51.2 Å². The predicted molar refractivity (Wildman–Crippen MR) is 100 cm³/mol. The third kappa shape index (κ3) is 4.50. The first-order valence-electron chi connectivity index (χ1n) is 9.21. The minimum absolute atomic E-state index is 0.00290. The molecule has 0 unspecified atom stereocenters. The molecular weight excluding hydrogens is 329 g/mol. The Hall–Kier alpha value is -2.20. The van der Waals surface area contributed by atoms with Crippen LogP contribution >= 0.6 is 0 Å². The Morgan fingerprint density at radius 2 is 1.96 bits per heavy atom. The van der Waals surface area contributed by atoms with Gasteiger partial charge in [0, 0.05) is 12.1 Å². The number of carbonyl (C=O) groups is 1. The van der Waals surface area contributed by atoms with Gasteiger partial charge in [-0.25, -0.2) is 4.39 Å². The number of rotatable bonds is 5. The molecule has 2 aromatic rings. The van der Waals surface area contributed by atoms with Gasteiger partial charge in [0.25, 0.3) is 5.91 Å². The van der Waals surface area contributed by atoms with E-state index in [1.165, 1.54) is 12.1 Å². The number of likely N-dealkylation sites (tertiary alicyclic amines) is 1. The van der Waals surface area contributed by atoms with Gasteiger partial charge in [-0.15, -0.1) is 0 Å². The summed E-state index contributed by atoms with van der Waals surface area (Å²) in [6.07, 6.45) is 3.22. The number of carbonyl (C=O) groups excluding carboxylic acids is 1. The Bertz CT molecular complexity index is 764. The summed E-state index contributed by atoms with van der Waals surface area (Å²) in [5, 5.41) is 9.91. The van der Waals surface area contributed by atoms with Gasteiger partial charge in [0.1, 0.15) is 5.82 Å². The van der Waals surface area contributed by atoms with Crippen LogP contribution in [0, 0.1) is 5.82 Å². The number of aliphatic hydroxyl groups is 1. The summed E-state index contributed by atoms with van der Waals surface area (Å²) in [6.45, 7) is 4.30. The zero-order chi connectivity index (χ0) is 18.7. The Morgan fingerprint density at radius 1 is 1.23 bits per heavy atom. The van der Waals surface area contributed by atoms with Crippen molar-refractivity contribution >= 4 is 5.91 Å². The molecule has 2 aromatic carbocycles. The van der Waals surface area contributed by atoms with E-state index in [-0.39, 0.29) is 17.8 Å². The van der Waals surface area contributed by atoms with E-state index < -0.39 is 5.60 Å². The van der Waals surface area contributed by atoms with E-state index >= 15 is 0 Å². The fourth-order valence-corrected chi connectivity index (χ4v) is 3.52. The van der Waals surface area contributed by atoms with Gasteiger partial charge in [-0.3, -0.25) is 4.79 Å². The monoisotopic (exact) mass is 355 g/mol. The van der Waals surface area contributed by atoms with Gasteiger partial charge < -0.3 is 10.0 Å². The number of hydrogen-bond acceptors (Lipinski definition) is 2. The molecule has 1 amide bonds. The maximum Gasteiger partial charge on any atom is 0.254 e. The molecule has 1 atom stereocenters. The minimum Gasteiger partial charge on any atom is -0.390 e. The van der Waals surface area contributed by atoms with Crippen molar-refractivity contribution < 1.29 is 14.3 Å². The number of halogens is 1. The molecule has 3 nitrogen and oxygen atoms in total. The van der Waals surface area contributed by atoms with Gasteiger partial charge >= 0.3 is 0 Å². The summed E-state index contributed by atoms with van der Waals surface area (Å²) >= 11 is 0. The highest BCUT2D eigenvalue weighted by Gasteiger charge is 2.30. The minimum atomic E-state index is -0.720. The van der Waals surface area contributed by atoms with Gasteiger partial charge in [0.05, 0.1) is 11.6 Å².